The molecule has 1 fully saturated rings. The number of anilines is 1. The second-order valence-electron chi connectivity index (χ2n) is 5.62. The van der Waals surface area contributed by atoms with Crippen LogP contribution in [0.3, 0.4) is 0 Å². The summed E-state index contributed by atoms with van der Waals surface area (Å²) in [6.07, 6.45) is 6.73. The molecule has 2 unspecified atom stereocenters. The third-order valence-electron chi connectivity index (χ3n) is 4.14. The van der Waals surface area contributed by atoms with Gasteiger partial charge in [0, 0.05) is 12.3 Å². The minimum Gasteiger partial charge on any atom is -0.380 e. The fraction of sp³-hybridized carbons (Fsp3) is 0.600. The maximum absolute atomic E-state index is 13.9. The first kappa shape index (κ1) is 15.3. The number of rotatable bonds is 4. The molecule has 112 valence electrons. The Bertz CT molecular complexity index is 571. The maximum atomic E-state index is 13.9. The van der Waals surface area contributed by atoms with E-state index < -0.39 is 15.7 Å². The number of hydrogen-bond donors (Lipinski definition) is 1. The van der Waals surface area contributed by atoms with E-state index in [-0.39, 0.29) is 10.9 Å². The Hall–Kier alpha value is -1.10. The lowest BCUT2D eigenvalue weighted by atomic mass is 9.83. The van der Waals surface area contributed by atoms with Crippen molar-refractivity contribution in [2.24, 2.45) is 5.92 Å². The zero-order valence-corrected chi connectivity index (χ0v) is 12.8. The van der Waals surface area contributed by atoms with Crippen LogP contribution in [0.25, 0.3) is 0 Å². The predicted molar refractivity (Wildman–Crippen MR) is 79.2 cm³/mol. The SMILES string of the molecule is CCC1CCCCC1Nc1cc(S(C)(=O)=O)ccc1F. The van der Waals surface area contributed by atoms with Crippen molar-refractivity contribution in [3.05, 3.63) is 24.0 Å². The van der Waals surface area contributed by atoms with Crippen LogP contribution in [0.2, 0.25) is 0 Å². The third kappa shape index (κ3) is 3.51. The van der Waals surface area contributed by atoms with Crippen molar-refractivity contribution >= 4 is 15.5 Å². The summed E-state index contributed by atoms with van der Waals surface area (Å²) in [6, 6.07) is 4.18. The van der Waals surface area contributed by atoms with Crippen molar-refractivity contribution in [1.82, 2.24) is 0 Å². The van der Waals surface area contributed by atoms with E-state index in [1.807, 2.05) is 0 Å². The van der Waals surface area contributed by atoms with E-state index in [0.29, 0.717) is 11.6 Å². The Balaban J connectivity index is 2.24. The summed E-state index contributed by atoms with van der Waals surface area (Å²) in [5, 5.41) is 3.22. The largest absolute Gasteiger partial charge is 0.380 e. The molecule has 0 saturated heterocycles. The molecule has 2 atom stereocenters. The van der Waals surface area contributed by atoms with Crippen LogP contribution in [0.5, 0.6) is 0 Å². The summed E-state index contributed by atoms with van der Waals surface area (Å²) in [5.74, 6) is 0.142. The topological polar surface area (TPSA) is 46.2 Å². The van der Waals surface area contributed by atoms with Gasteiger partial charge in [-0.1, -0.05) is 26.2 Å². The Morgan fingerprint density at radius 2 is 2.00 bits per heavy atom. The van der Waals surface area contributed by atoms with Crippen LogP contribution in [0.1, 0.15) is 39.0 Å². The standard InChI is InChI=1S/C15H22FNO2S/c1-3-11-6-4-5-7-14(11)17-15-10-12(20(2,18)19)8-9-13(15)16/h8-11,14,17H,3-7H2,1-2H3. The van der Waals surface area contributed by atoms with E-state index >= 15 is 0 Å². The van der Waals surface area contributed by atoms with Gasteiger partial charge >= 0.3 is 0 Å². The van der Waals surface area contributed by atoms with E-state index in [4.69, 9.17) is 0 Å². The molecule has 1 aromatic carbocycles. The molecular weight excluding hydrogens is 277 g/mol. The van der Waals surface area contributed by atoms with Gasteiger partial charge in [-0.15, -0.1) is 0 Å². The second kappa shape index (κ2) is 6.12. The van der Waals surface area contributed by atoms with E-state index in [0.717, 1.165) is 31.9 Å². The van der Waals surface area contributed by atoms with Crippen molar-refractivity contribution in [2.75, 3.05) is 11.6 Å². The Kier molecular flexibility index (Phi) is 4.68. The number of sulfone groups is 1. The molecule has 2 rings (SSSR count). The van der Waals surface area contributed by atoms with E-state index in [9.17, 15) is 12.8 Å². The highest BCUT2D eigenvalue weighted by Crippen LogP contribution is 2.30. The summed E-state index contributed by atoms with van der Waals surface area (Å²) in [4.78, 5) is 0.158. The lowest BCUT2D eigenvalue weighted by Gasteiger charge is -2.32. The molecule has 1 aromatic rings. The normalized spacial score (nSPS) is 23.6. The highest BCUT2D eigenvalue weighted by molar-refractivity contribution is 7.90. The number of benzene rings is 1. The predicted octanol–water partition coefficient (Wildman–Crippen LogP) is 3.61. The summed E-state index contributed by atoms with van der Waals surface area (Å²) in [7, 11) is -3.31. The minimum atomic E-state index is -3.31. The van der Waals surface area contributed by atoms with Crippen molar-refractivity contribution in [3.63, 3.8) is 0 Å². The fourth-order valence-electron chi connectivity index (χ4n) is 2.93. The van der Waals surface area contributed by atoms with Gasteiger partial charge in [-0.2, -0.15) is 0 Å². The number of halogens is 1. The molecule has 1 saturated carbocycles. The first-order valence-electron chi connectivity index (χ1n) is 7.18. The van der Waals surface area contributed by atoms with Gasteiger partial charge in [0.15, 0.2) is 9.84 Å². The molecule has 0 radical (unpaired) electrons. The smallest absolute Gasteiger partial charge is 0.175 e. The van der Waals surface area contributed by atoms with Gasteiger partial charge in [0.2, 0.25) is 0 Å². The quantitative estimate of drug-likeness (QED) is 0.864. The zero-order chi connectivity index (χ0) is 14.8. The summed E-state index contributed by atoms with van der Waals surface area (Å²) < 4.78 is 37.0. The van der Waals surface area contributed by atoms with Gasteiger partial charge in [0.25, 0.3) is 0 Å². The molecule has 1 aliphatic rings. The van der Waals surface area contributed by atoms with Gasteiger partial charge in [0.1, 0.15) is 5.82 Å². The lowest BCUT2D eigenvalue weighted by Crippen LogP contribution is -2.32. The molecule has 1 aliphatic carbocycles. The average molecular weight is 299 g/mol. The summed E-state index contributed by atoms with van der Waals surface area (Å²) in [6.45, 7) is 2.15. The highest BCUT2D eigenvalue weighted by Gasteiger charge is 2.24. The van der Waals surface area contributed by atoms with Crippen molar-refractivity contribution in [3.8, 4) is 0 Å². The molecule has 0 aromatic heterocycles. The van der Waals surface area contributed by atoms with Crippen molar-refractivity contribution in [1.29, 1.82) is 0 Å². The minimum absolute atomic E-state index is 0.158. The molecule has 0 aliphatic heterocycles. The zero-order valence-electron chi connectivity index (χ0n) is 12.0. The van der Waals surface area contributed by atoms with E-state index in [2.05, 4.69) is 12.2 Å². The Labute approximate surface area is 120 Å². The van der Waals surface area contributed by atoms with Crippen LogP contribution in [-0.4, -0.2) is 20.7 Å². The monoisotopic (exact) mass is 299 g/mol. The van der Waals surface area contributed by atoms with Crippen LogP contribution < -0.4 is 5.32 Å². The van der Waals surface area contributed by atoms with Crippen LogP contribution in [0.4, 0.5) is 10.1 Å². The molecule has 1 N–H and O–H groups in total. The van der Waals surface area contributed by atoms with Gasteiger partial charge < -0.3 is 5.32 Å². The maximum Gasteiger partial charge on any atom is 0.175 e. The first-order valence-corrected chi connectivity index (χ1v) is 9.07. The van der Waals surface area contributed by atoms with Gasteiger partial charge in [-0.25, -0.2) is 12.8 Å². The molecule has 20 heavy (non-hydrogen) atoms. The summed E-state index contributed by atoms with van der Waals surface area (Å²) in [5.41, 5.74) is 0.304. The van der Waals surface area contributed by atoms with Crippen LogP contribution in [0, 0.1) is 11.7 Å². The molecule has 0 heterocycles. The highest BCUT2D eigenvalue weighted by atomic mass is 32.2. The molecule has 0 spiro atoms. The van der Waals surface area contributed by atoms with Crippen molar-refractivity contribution in [2.45, 2.75) is 50.0 Å². The lowest BCUT2D eigenvalue weighted by molar-refractivity contribution is 0.316. The molecule has 0 bridgehead atoms. The van der Waals surface area contributed by atoms with Crippen LogP contribution in [-0.2, 0) is 9.84 Å². The first-order chi connectivity index (χ1) is 9.41. The summed E-state index contributed by atoms with van der Waals surface area (Å²) >= 11 is 0. The fourth-order valence-corrected chi connectivity index (χ4v) is 3.58. The number of hydrogen-bond acceptors (Lipinski definition) is 3. The van der Waals surface area contributed by atoms with E-state index in [1.165, 1.54) is 24.6 Å². The van der Waals surface area contributed by atoms with Gasteiger partial charge in [-0.05, 0) is 37.0 Å². The average Bonchev–Trinajstić information content (AvgIpc) is 2.40. The van der Waals surface area contributed by atoms with E-state index in [1.54, 1.807) is 0 Å². The van der Waals surface area contributed by atoms with Crippen LogP contribution in [0.15, 0.2) is 23.1 Å². The van der Waals surface area contributed by atoms with Gasteiger partial charge in [-0.3, -0.25) is 0 Å². The molecule has 5 heteroatoms. The Morgan fingerprint density at radius 1 is 1.30 bits per heavy atom. The molecule has 3 nitrogen and oxygen atoms in total. The molecule has 0 amide bonds. The van der Waals surface area contributed by atoms with Crippen molar-refractivity contribution < 1.29 is 12.8 Å². The number of nitrogens with one attached hydrogen (secondary N) is 1. The Morgan fingerprint density at radius 3 is 2.65 bits per heavy atom. The third-order valence-corrected chi connectivity index (χ3v) is 5.25. The molecular formula is C15H22FNO2S. The van der Waals surface area contributed by atoms with Gasteiger partial charge in [0.05, 0.1) is 10.6 Å². The van der Waals surface area contributed by atoms with Crippen LogP contribution >= 0.6 is 0 Å². The second-order valence-corrected chi connectivity index (χ2v) is 7.63.